The van der Waals surface area contributed by atoms with Gasteiger partial charge >= 0.3 is 0 Å². The summed E-state index contributed by atoms with van der Waals surface area (Å²) < 4.78 is 6.38. The largest absolute Gasteiger partial charge is 0.456 e. The highest BCUT2D eigenvalue weighted by atomic mass is 16.3. The van der Waals surface area contributed by atoms with Crippen LogP contribution in [0.3, 0.4) is 0 Å². The van der Waals surface area contributed by atoms with Crippen molar-refractivity contribution in [2.24, 2.45) is 0 Å². The van der Waals surface area contributed by atoms with Crippen LogP contribution in [0.1, 0.15) is 0 Å². The number of rotatable bonds is 6. The van der Waals surface area contributed by atoms with Gasteiger partial charge in [0.15, 0.2) is 0 Å². The minimum atomic E-state index is 0.848. The second kappa shape index (κ2) is 11.1. The third-order valence-corrected chi connectivity index (χ3v) is 8.28. The second-order valence-electron chi connectivity index (χ2n) is 11.0. The highest BCUT2D eigenvalue weighted by molar-refractivity contribution is 5.92. The van der Waals surface area contributed by atoms with Gasteiger partial charge in [-0.05, 0) is 87.6 Å². The molecule has 1 heterocycles. The molecule has 0 aliphatic carbocycles. The summed E-state index contributed by atoms with van der Waals surface area (Å²) in [6, 6.07) is 62.1. The van der Waals surface area contributed by atoms with Gasteiger partial charge in [0.2, 0.25) is 0 Å². The van der Waals surface area contributed by atoms with Crippen LogP contribution in [0.25, 0.3) is 55.3 Å². The summed E-state index contributed by atoms with van der Waals surface area (Å²) in [6.45, 7) is 0. The molecule has 0 aliphatic rings. The van der Waals surface area contributed by atoms with E-state index in [0.717, 1.165) is 39.4 Å². The van der Waals surface area contributed by atoms with Gasteiger partial charge < -0.3 is 9.32 Å². The molecule has 0 fully saturated rings. The molecular formula is C42H29NO. The molecule has 0 bridgehead atoms. The van der Waals surface area contributed by atoms with E-state index in [0.29, 0.717) is 0 Å². The van der Waals surface area contributed by atoms with Crippen LogP contribution in [-0.4, -0.2) is 0 Å². The molecule has 0 spiro atoms. The van der Waals surface area contributed by atoms with Crippen molar-refractivity contribution < 1.29 is 4.42 Å². The molecule has 0 amide bonds. The van der Waals surface area contributed by atoms with E-state index in [2.05, 4.69) is 163 Å². The van der Waals surface area contributed by atoms with E-state index in [9.17, 15) is 0 Å². The predicted octanol–water partition coefficient (Wildman–Crippen LogP) is 12.1. The molecule has 8 rings (SSSR count). The van der Waals surface area contributed by atoms with Gasteiger partial charge in [0.05, 0.1) is 5.69 Å². The topological polar surface area (TPSA) is 16.4 Å². The lowest BCUT2D eigenvalue weighted by atomic mass is 10.0. The number of para-hydroxylation sites is 2. The molecule has 0 atom stereocenters. The number of nitrogens with zero attached hydrogens (tertiary/aromatic N) is 1. The lowest BCUT2D eigenvalue weighted by Crippen LogP contribution is -2.11. The molecule has 44 heavy (non-hydrogen) atoms. The number of hydrogen-bond acceptors (Lipinski definition) is 2. The predicted molar refractivity (Wildman–Crippen MR) is 185 cm³/mol. The number of fused-ring (bicyclic) bond motifs is 2. The van der Waals surface area contributed by atoms with E-state index >= 15 is 0 Å². The minimum absolute atomic E-state index is 0.848. The van der Waals surface area contributed by atoms with Gasteiger partial charge in [-0.25, -0.2) is 0 Å². The summed E-state index contributed by atoms with van der Waals surface area (Å²) in [4.78, 5) is 2.32. The Morgan fingerprint density at radius 1 is 0.364 bits per heavy atom. The Bertz CT molecular complexity index is 2180. The first-order valence-corrected chi connectivity index (χ1v) is 14.9. The molecule has 0 N–H and O–H groups in total. The zero-order chi connectivity index (χ0) is 29.3. The third kappa shape index (κ3) is 4.83. The molecule has 1 aromatic heterocycles. The second-order valence-corrected chi connectivity index (χ2v) is 11.0. The molecule has 0 saturated carbocycles. The van der Waals surface area contributed by atoms with Gasteiger partial charge in [-0.3, -0.25) is 0 Å². The van der Waals surface area contributed by atoms with Gasteiger partial charge in [-0.1, -0.05) is 121 Å². The van der Waals surface area contributed by atoms with E-state index in [1.807, 2.05) is 18.2 Å². The van der Waals surface area contributed by atoms with Gasteiger partial charge in [-0.2, -0.15) is 0 Å². The van der Waals surface area contributed by atoms with Crippen LogP contribution in [0.15, 0.2) is 180 Å². The van der Waals surface area contributed by atoms with Crippen molar-refractivity contribution in [1.29, 1.82) is 0 Å². The first-order valence-electron chi connectivity index (χ1n) is 14.9. The first-order chi connectivity index (χ1) is 21.8. The van der Waals surface area contributed by atoms with E-state index in [-0.39, 0.29) is 0 Å². The van der Waals surface area contributed by atoms with Gasteiger partial charge in [0, 0.05) is 22.3 Å². The first kappa shape index (κ1) is 25.8. The van der Waals surface area contributed by atoms with Crippen molar-refractivity contribution in [2.75, 3.05) is 4.90 Å². The average Bonchev–Trinajstić information content (AvgIpc) is 3.54. The van der Waals surface area contributed by atoms with Crippen LogP contribution in [-0.2, 0) is 0 Å². The molecule has 0 unspecified atom stereocenters. The summed E-state index contributed by atoms with van der Waals surface area (Å²) in [7, 11) is 0. The Morgan fingerprint density at radius 2 is 0.909 bits per heavy atom. The third-order valence-electron chi connectivity index (χ3n) is 8.28. The van der Waals surface area contributed by atoms with E-state index in [1.165, 1.54) is 33.0 Å². The van der Waals surface area contributed by atoms with Crippen molar-refractivity contribution in [3.05, 3.63) is 176 Å². The quantitative estimate of drug-likeness (QED) is 0.200. The fourth-order valence-electron chi connectivity index (χ4n) is 6.02. The van der Waals surface area contributed by atoms with Crippen LogP contribution in [0.2, 0.25) is 0 Å². The van der Waals surface area contributed by atoms with E-state index < -0.39 is 0 Å². The fourth-order valence-corrected chi connectivity index (χ4v) is 6.02. The molecule has 0 radical (unpaired) electrons. The lowest BCUT2D eigenvalue weighted by Gasteiger charge is -2.27. The van der Waals surface area contributed by atoms with Crippen LogP contribution < -0.4 is 4.90 Å². The van der Waals surface area contributed by atoms with Crippen LogP contribution >= 0.6 is 0 Å². The van der Waals surface area contributed by atoms with Crippen LogP contribution in [0, 0.1) is 0 Å². The molecule has 2 heteroatoms. The Hall–Kier alpha value is -5.86. The van der Waals surface area contributed by atoms with Crippen molar-refractivity contribution >= 4 is 38.8 Å². The highest BCUT2D eigenvalue weighted by Crippen LogP contribution is 2.43. The SMILES string of the molecule is c1ccc(-c2ccc(N(c3ccc(-c4ccc5ccccc5c4)cc3)c3ccccc3-c3cc4ccccc4o3)cc2)cc1. The smallest absolute Gasteiger partial charge is 0.137 e. The van der Waals surface area contributed by atoms with Crippen molar-refractivity contribution in [3.63, 3.8) is 0 Å². The molecule has 208 valence electrons. The Morgan fingerprint density at radius 3 is 1.64 bits per heavy atom. The van der Waals surface area contributed by atoms with Crippen molar-refractivity contribution in [2.45, 2.75) is 0 Å². The Kier molecular flexibility index (Phi) is 6.51. The normalized spacial score (nSPS) is 11.2. The molecular weight excluding hydrogens is 534 g/mol. The van der Waals surface area contributed by atoms with Gasteiger partial charge in [-0.15, -0.1) is 0 Å². The highest BCUT2D eigenvalue weighted by Gasteiger charge is 2.19. The van der Waals surface area contributed by atoms with Crippen LogP contribution in [0.4, 0.5) is 17.1 Å². The Balaban J connectivity index is 1.24. The molecule has 8 aromatic rings. The molecule has 0 saturated heterocycles. The van der Waals surface area contributed by atoms with Crippen molar-refractivity contribution in [1.82, 2.24) is 0 Å². The Labute approximate surface area is 257 Å². The summed E-state index contributed by atoms with van der Waals surface area (Å²) in [5, 5.41) is 3.59. The van der Waals surface area contributed by atoms with E-state index in [1.54, 1.807) is 0 Å². The average molecular weight is 564 g/mol. The van der Waals surface area contributed by atoms with Crippen LogP contribution in [0.5, 0.6) is 0 Å². The maximum absolute atomic E-state index is 6.38. The lowest BCUT2D eigenvalue weighted by molar-refractivity contribution is 0.631. The molecule has 0 aliphatic heterocycles. The van der Waals surface area contributed by atoms with Crippen molar-refractivity contribution in [3.8, 4) is 33.6 Å². The summed E-state index contributed by atoms with van der Waals surface area (Å²) in [5.41, 5.74) is 9.90. The number of furan rings is 1. The number of anilines is 3. The van der Waals surface area contributed by atoms with Gasteiger partial charge in [0.25, 0.3) is 0 Å². The fraction of sp³-hybridized carbons (Fsp3) is 0. The standard InChI is InChI=1S/C42H29NO/c1-2-10-30(11-3-1)32-20-24-37(25-21-32)43(40-16-8-7-15-39(40)42-29-36-14-6-9-17-41(36)44-42)38-26-22-33(23-27-38)35-19-18-31-12-4-5-13-34(31)28-35/h1-29H. The summed E-state index contributed by atoms with van der Waals surface area (Å²) in [6.07, 6.45) is 0. The summed E-state index contributed by atoms with van der Waals surface area (Å²) in [5.74, 6) is 0.848. The monoisotopic (exact) mass is 563 g/mol. The number of hydrogen-bond donors (Lipinski definition) is 0. The zero-order valence-electron chi connectivity index (χ0n) is 24.1. The maximum Gasteiger partial charge on any atom is 0.137 e. The number of benzene rings is 7. The maximum atomic E-state index is 6.38. The van der Waals surface area contributed by atoms with Gasteiger partial charge in [0.1, 0.15) is 11.3 Å². The molecule has 7 aromatic carbocycles. The minimum Gasteiger partial charge on any atom is -0.456 e. The summed E-state index contributed by atoms with van der Waals surface area (Å²) >= 11 is 0. The zero-order valence-corrected chi connectivity index (χ0v) is 24.1. The van der Waals surface area contributed by atoms with E-state index in [4.69, 9.17) is 4.42 Å². The molecule has 2 nitrogen and oxygen atoms in total.